The molecule has 3 amide bonds. The number of fused-ring (bicyclic) bond motifs is 1. The van der Waals surface area contributed by atoms with Gasteiger partial charge in [-0.05, 0) is 57.5 Å². The number of halogens is 1. The molecule has 0 bridgehead atoms. The molecule has 0 saturated heterocycles. The van der Waals surface area contributed by atoms with Gasteiger partial charge in [0, 0.05) is 12.1 Å². The minimum Gasteiger partial charge on any atom is -0.350 e. The Balaban J connectivity index is 1.89. The third-order valence-electron chi connectivity index (χ3n) is 5.12. The van der Waals surface area contributed by atoms with Gasteiger partial charge in [-0.3, -0.25) is 14.4 Å². The molecule has 0 radical (unpaired) electrons. The molecule has 1 atom stereocenters. The largest absolute Gasteiger partial charge is 0.350 e. The molecule has 0 saturated carbocycles. The van der Waals surface area contributed by atoms with Crippen LogP contribution in [0.3, 0.4) is 0 Å². The molecule has 2 aromatic rings. The molecule has 0 aliphatic carbocycles. The summed E-state index contributed by atoms with van der Waals surface area (Å²) < 4.78 is 39.6. The second-order valence-corrected chi connectivity index (χ2v) is 10.7. The Morgan fingerprint density at radius 3 is 2.27 bits per heavy atom. The van der Waals surface area contributed by atoms with Crippen LogP contribution < -0.4 is 5.32 Å². The molecule has 0 spiro atoms. The summed E-state index contributed by atoms with van der Waals surface area (Å²) in [5.41, 5.74) is -0.0285. The van der Waals surface area contributed by atoms with Crippen molar-refractivity contribution in [2.45, 2.75) is 50.7 Å². The Kier molecular flexibility index (Phi) is 6.60. The number of carbonyl (C=O) groups is 3. The molecular weight excluding hydrogens is 449 g/mol. The minimum atomic E-state index is -4.19. The summed E-state index contributed by atoms with van der Waals surface area (Å²) in [4.78, 5) is 39.8. The predicted molar refractivity (Wildman–Crippen MR) is 119 cm³/mol. The van der Waals surface area contributed by atoms with Gasteiger partial charge in [-0.1, -0.05) is 24.3 Å². The number of benzene rings is 2. The highest BCUT2D eigenvalue weighted by atomic mass is 32.2. The minimum absolute atomic E-state index is 0.00564. The van der Waals surface area contributed by atoms with Gasteiger partial charge in [0.15, 0.2) is 0 Å². The Labute approximate surface area is 192 Å². The lowest BCUT2D eigenvalue weighted by Crippen LogP contribution is -2.54. The average Bonchev–Trinajstić information content (AvgIpc) is 2.92. The monoisotopic (exact) mass is 475 g/mol. The summed E-state index contributed by atoms with van der Waals surface area (Å²) in [6.45, 7) is 6.04. The number of carbonyl (C=O) groups excluding carboxylic acids is 3. The Morgan fingerprint density at radius 1 is 1.09 bits per heavy atom. The van der Waals surface area contributed by atoms with Crippen LogP contribution in [0.1, 0.15) is 43.6 Å². The van der Waals surface area contributed by atoms with Crippen LogP contribution in [0.25, 0.3) is 0 Å². The van der Waals surface area contributed by atoms with Gasteiger partial charge >= 0.3 is 0 Å². The van der Waals surface area contributed by atoms with Crippen molar-refractivity contribution < 1.29 is 27.2 Å². The summed E-state index contributed by atoms with van der Waals surface area (Å²) >= 11 is 0. The van der Waals surface area contributed by atoms with Gasteiger partial charge in [-0.2, -0.15) is 0 Å². The van der Waals surface area contributed by atoms with E-state index in [1.54, 1.807) is 20.8 Å². The van der Waals surface area contributed by atoms with Gasteiger partial charge in [0.2, 0.25) is 11.8 Å². The van der Waals surface area contributed by atoms with E-state index in [4.69, 9.17) is 0 Å². The van der Waals surface area contributed by atoms with Crippen LogP contribution >= 0.6 is 0 Å². The molecule has 3 rings (SSSR count). The van der Waals surface area contributed by atoms with Crippen molar-refractivity contribution in [1.29, 1.82) is 0 Å². The highest BCUT2D eigenvalue weighted by molar-refractivity contribution is 7.90. The highest BCUT2D eigenvalue weighted by Gasteiger charge is 2.43. The Morgan fingerprint density at radius 2 is 1.70 bits per heavy atom. The number of amides is 3. The van der Waals surface area contributed by atoms with Crippen molar-refractivity contribution in [1.82, 2.24) is 14.5 Å². The SMILES string of the molecule is CC(C(=O)NC(C)(C)C)N(Cc1ccc(F)cc1)C(=O)CN1C(=O)c2ccccc2S1(=O)=O. The molecule has 1 aliphatic heterocycles. The van der Waals surface area contributed by atoms with E-state index in [2.05, 4.69) is 5.32 Å². The smallest absolute Gasteiger partial charge is 0.269 e. The quantitative estimate of drug-likeness (QED) is 0.691. The normalized spacial score (nSPS) is 15.7. The first-order valence-electron chi connectivity index (χ1n) is 10.3. The van der Waals surface area contributed by atoms with Crippen LogP contribution in [0.2, 0.25) is 0 Å². The van der Waals surface area contributed by atoms with E-state index < -0.39 is 51.7 Å². The van der Waals surface area contributed by atoms with Gasteiger partial charge in [0.25, 0.3) is 15.9 Å². The van der Waals surface area contributed by atoms with E-state index in [9.17, 15) is 27.2 Å². The zero-order valence-corrected chi connectivity index (χ0v) is 19.6. The van der Waals surface area contributed by atoms with E-state index in [1.807, 2.05) is 0 Å². The van der Waals surface area contributed by atoms with Gasteiger partial charge in [0.1, 0.15) is 23.3 Å². The van der Waals surface area contributed by atoms with E-state index in [0.29, 0.717) is 9.87 Å². The van der Waals surface area contributed by atoms with Gasteiger partial charge in [-0.15, -0.1) is 0 Å². The van der Waals surface area contributed by atoms with E-state index >= 15 is 0 Å². The fourth-order valence-electron chi connectivity index (χ4n) is 3.44. The summed E-state index contributed by atoms with van der Waals surface area (Å²) in [7, 11) is -4.19. The molecule has 1 aliphatic rings. The summed E-state index contributed by atoms with van der Waals surface area (Å²) in [5.74, 6) is -2.44. The standard InChI is InChI=1S/C23H26FN3O5S/c1-15(21(29)25-23(2,3)4)26(13-16-9-11-17(24)12-10-16)20(28)14-27-22(30)18-7-5-6-8-19(18)33(27,31)32/h5-12,15H,13-14H2,1-4H3,(H,25,29). The van der Waals surface area contributed by atoms with E-state index in [1.165, 1.54) is 60.4 Å². The second kappa shape index (κ2) is 8.93. The molecule has 2 aromatic carbocycles. The maximum Gasteiger partial charge on any atom is 0.269 e. The molecule has 0 aromatic heterocycles. The molecule has 0 fully saturated rings. The maximum atomic E-state index is 13.3. The molecule has 176 valence electrons. The third-order valence-corrected chi connectivity index (χ3v) is 6.91. The van der Waals surface area contributed by atoms with Crippen LogP contribution in [-0.2, 0) is 26.2 Å². The van der Waals surface area contributed by atoms with Gasteiger partial charge in [0.05, 0.1) is 5.56 Å². The van der Waals surface area contributed by atoms with Crippen molar-refractivity contribution >= 4 is 27.7 Å². The summed E-state index contributed by atoms with van der Waals surface area (Å²) in [6.07, 6.45) is 0. The lowest BCUT2D eigenvalue weighted by Gasteiger charge is -2.32. The molecule has 10 heteroatoms. The molecular formula is C23H26FN3O5S. The number of sulfonamides is 1. The van der Waals surface area contributed by atoms with Crippen molar-refractivity contribution in [3.05, 3.63) is 65.5 Å². The lowest BCUT2D eigenvalue weighted by molar-refractivity contribution is -0.141. The fourth-order valence-corrected chi connectivity index (χ4v) is 4.96. The second-order valence-electron chi connectivity index (χ2n) is 8.88. The fraction of sp³-hybridized carbons (Fsp3) is 0.348. The number of hydrogen-bond donors (Lipinski definition) is 1. The van der Waals surface area contributed by atoms with Crippen LogP contribution in [0.4, 0.5) is 4.39 Å². The Bertz CT molecular complexity index is 1190. The molecule has 8 nitrogen and oxygen atoms in total. The van der Waals surface area contributed by atoms with Crippen LogP contribution in [0, 0.1) is 5.82 Å². The lowest BCUT2D eigenvalue weighted by atomic mass is 10.1. The topological polar surface area (TPSA) is 104 Å². The van der Waals surface area contributed by atoms with Crippen molar-refractivity contribution in [2.75, 3.05) is 6.54 Å². The number of rotatable bonds is 6. The zero-order chi connectivity index (χ0) is 24.6. The van der Waals surface area contributed by atoms with E-state index in [0.717, 1.165) is 0 Å². The molecule has 1 unspecified atom stereocenters. The van der Waals surface area contributed by atoms with Gasteiger partial charge < -0.3 is 10.2 Å². The predicted octanol–water partition coefficient (Wildman–Crippen LogP) is 2.30. The maximum absolute atomic E-state index is 13.3. The Hall–Kier alpha value is -3.27. The zero-order valence-electron chi connectivity index (χ0n) is 18.8. The number of nitrogens with zero attached hydrogens (tertiary/aromatic N) is 2. The van der Waals surface area contributed by atoms with Crippen LogP contribution in [0.15, 0.2) is 53.4 Å². The first-order chi connectivity index (χ1) is 15.3. The molecule has 33 heavy (non-hydrogen) atoms. The first kappa shape index (κ1) is 24.4. The van der Waals surface area contributed by atoms with Gasteiger partial charge in [-0.25, -0.2) is 17.1 Å². The third kappa shape index (κ3) is 5.22. The van der Waals surface area contributed by atoms with E-state index in [-0.39, 0.29) is 17.0 Å². The average molecular weight is 476 g/mol. The van der Waals surface area contributed by atoms with Crippen LogP contribution in [0.5, 0.6) is 0 Å². The van der Waals surface area contributed by atoms with Crippen molar-refractivity contribution in [2.24, 2.45) is 0 Å². The summed E-state index contributed by atoms with van der Waals surface area (Å²) in [5, 5.41) is 2.79. The summed E-state index contributed by atoms with van der Waals surface area (Å²) in [6, 6.07) is 10.1. The first-order valence-corrected chi connectivity index (χ1v) is 11.8. The highest BCUT2D eigenvalue weighted by Crippen LogP contribution is 2.30. The van der Waals surface area contributed by atoms with Crippen LogP contribution in [-0.4, -0.2) is 53.5 Å². The van der Waals surface area contributed by atoms with Crippen molar-refractivity contribution in [3.8, 4) is 0 Å². The molecule has 1 heterocycles. The van der Waals surface area contributed by atoms with Crippen molar-refractivity contribution in [3.63, 3.8) is 0 Å². The number of nitrogens with one attached hydrogen (secondary N) is 1. The number of hydrogen-bond acceptors (Lipinski definition) is 5. The molecule has 1 N–H and O–H groups in total.